The third kappa shape index (κ3) is 4.09. The molecule has 1 aromatic heterocycles. The van der Waals surface area contributed by atoms with Crippen LogP contribution in [-0.4, -0.2) is 20.0 Å². The average molecular weight is 327 g/mol. The molecule has 1 aromatic carbocycles. The highest BCUT2D eigenvalue weighted by Gasteiger charge is 2.16. The molecular formula is C14H15ClN2O3S. The topological polar surface area (TPSA) is 68.3 Å². The minimum absolute atomic E-state index is 0.0924. The first-order valence-corrected chi connectivity index (χ1v) is 8.24. The van der Waals surface area contributed by atoms with Gasteiger partial charge < -0.3 is 4.74 Å². The Morgan fingerprint density at radius 3 is 2.62 bits per heavy atom. The molecule has 0 radical (unpaired) electrons. The van der Waals surface area contributed by atoms with Gasteiger partial charge in [-0.15, -0.1) is 0 Å². The fourth-order valence-corrected chi connectivity index (χ4v) is 2.85. The van der Waals surface area contributed by atoms with Gasteiger partial charge in [0.05, 0.1) is 22.2 Å². The zero-order chi connectivity index (χ0) is 15.3. The number of anilines is 1. The maximum atomic E-state index is 12.3. The number of nitrogens with one attached hydrogen (secondary N) is 1. The maximum absolute atomic E-state index is 12.3. The molecule has 1 N–H and O–H groups in total. The molecule has 0 fully saturated rings. The third-order valence-electron chi connectivity index (χ3n) is 2.61. The summed E-state index contributed by atoms with van der Waals surface area (Å²) in [6.45, 7) is 2.43. The lowest BCUT2D eigenvalue weighted by molar-refractivity contribution is 0.317. The van der Waals surface area contributed by atoms with Crippen LogP contribution in [0.15, 0.2) is 47.6 Å². The normalized spacial score (nSPS) is 11.1. The number of benzene rings is 1. The van der Waals surface area contributed by atoms with E-state index in [9.17, 15) is 8.42 Å². The van der Waals surface area contributed by atoms with E-state index in [2.05, 4.69) is 9.71 Å². The Bertz CT molecular complexity index is 705. The lowest BCUT2D eigenvalue weighted by Crippen LogP contribution is -2.13. The first-order valence-electron chi connectivity index (χ1n) is 6.38. The van der Waals surface area contributed by atoms with E-state index in [-0.39, 0.29) is 4.90 Å². The molecule has 5 nitrogen and oxygen atoms in total. The van der Waals surface area contributed by atoms with Crippen LogP contribution in [0.3, 0.4) is 0 Å². The van der Waals surface area contributed by atoms with Crippen molar-refractivity contribution >= 4 is 27.3 Å². The van der Waals surface area contributed by atoms with Crippen molar-refractivity contribution in [1.29, 1.82) is 0 Å². The first kappa shape index (κ1) is 15.6. The number of pyridine rings is 1. The van der Waals surface area contributed by atoms with Gasteiger partial charge >= 0.3 is 0 Å². The minimum atomic E-state index is -3.69. The summed E-state index contributed by atoms with van der Waals surface area (Å²) in [5, 5.41) is 0.381. The van der Waals surface area contributed by atoms with Crippen LogP contribution in [0.25, 0.3) is 0 Å². The van der Waals surface area contributed by atoms with Crippen molar-refractivity contribution in [1.82, 2.24) is 4.98 Å². The molecule has 7 heteroatoms. The Morgan fingerprint density at radius 1 is 1.24 bits per heavy atom. The molecule has 0 aliphatic carbocycles. The molecule has 0 saturated heterocycles. The molecule has 0 bridgehead atoms. The molecule has 0 aliphatic rings. The number of sulfonamides is 1. The van der Waals surface area contributed by atoms with E-state index in [1.54, 1.807) is 12.1 Å². The van der Waals surface area contributed by atoms with E-state index < -0.39 is 10.0 Å². The fraction of sp³-hybridized carbons (Fsp3) is 0.214. The predicted molar refractivity (Wildman–Crippen MR) is 82.3 cm³/mol. The van der Waals surface area contributed by atoms with E-state index in [0.717, 1.165) is 6.42 Å². The summed E-state index contributed by atoms with van der Waals surface area (Å²) in [5.74, 6) is 0.358. The summed E-state index contributed by atoms with van der Waals surface area (Å²) < 4.78 is 32.5. The Labute approximate surface area is 129 Å². The number of rotatable bonds is 6. The zero-order valence-electron chi connectivity index (χ0n) is 11.4. The summed E-state index contributed by atoms with van der Waals surface area (Å²) in [6.07, 6.45) is 3.83. The number of nitrogens with zero attached hydrogens (tertiary/aromatic N) is 1. The van der Waals surface area contributed by atoms with Gasteiger partial charge in [0, 0.05) is 18.5 Å². The van der Waals surface area contributed by atoms with Gasteiger partial charge in [-0.3, -0.25) is 9.71 Å². The predicted octanol–water partition coefficient (Wildman–Crippen LogP) is 3.32. The van der Waals surface area contributed by atoms with E-state index in [0.29, 0.717) is 23.1 Å². The monoisotopic (exact) mass is 326 g/mol. The Morgan fingerprint density at radius 2 is 1.95 bits per heavy atom. The largest absolute Gasteiger partial charge is 0.492 e. The molecule has 1 heterocycles. The Hall–Kier alpha value is -1.79. The van der Waals surface area contributed by atoms with Crippen LogP contribution >= 0.6 is 11.6 Å². The lowest BCUT2D eigenvalue weighted by atomic mass is 10.3. The Kier molecular flexibility index (Phi) is 5.03. The van der Waals surface area contributed by atoms with Gasteiger partial charge in [-0.05, 0) is 30.7 Å². The van der Waals surface area contributed by atoms with Crippen LogP contribution < -0.4 is 9.46 Å². The molecule has 112 valence electrons. The average Bonchev–Trinajstić information content (AvgIpc) is 2.47. The summed E-state index contributed by atoms with van der Waals surface area (Å²) in [7, 11) is -3.69. The van der Waals surface area contributed by atoms with E-state index in [4.69, 9.17) is 16.3 Å². The number of ether oxygens (including phenoxy) is 1. The smallest absolute Gasteiger partial charge is 0.262 e. The second-order valence-electron chi connectivity index (χ2n) is 4.28. The van der Waals surface area contributed by atoms with Crippen molar-refractivity contribution in [2.75, 3.05) is 11.3 Å². The van der Waals surface area contributed by atoms with Gasteiger partial charge in [-0.1, -0.05) is 18.5 Å². The van der Waals surface area contributed by atoms with E-state index >= 15 is 0 Å². The number of hydrogen-bond acceptors (Lipinski definition) is 4. The van der Waals surface area contributed by atoms with E-state index in [1.165, 1.54) is 30.6 Å². The SMILES string of the molecule is CCCOc1cc(S(=O)(=O)Nc2ccncc2)ccc1Cl. The summed E-state index contributed by atoms with van der Waals surface area (Å²) in [4.78, 5) is 3.93. The van der Waals surface area contributed by atoms with Gasteiger partial charge in [0.2, 0.25) is 0 Å². The second-order valence-corrected chi connectivity index (χ2v) is 6.37. The van der Waals surface area contributed by atoms with Crippen molar-refractivity contribution in [3.8, 4) is 5.75 Å². The van der Waals surface area contributed by atoms with Gasteiger partial charge in [0.25, 0.3) is 10.0 Å². The molecule has 21 heavy (non-hydrogen) atoms. The van der Waals surface area contributed by atoms with Crippen molar-refractivity contribution in [3.05, 3.63) is 47.7 Å². The van der Waals surface area contributed by atoms with Gasteiger partial charge in [0.15, 0.2) is 0 Å². The van der Waals surface area contributed by atoms with Crippen LogP contribution in [0.5, 0.6) is 5.75 Å². The van der Waals surface area contributed by atoms with Crippen LogP contribution in [-0.2, 0) is 10.0 Å². The summed E-state index contributed by atoms with van der Waals surface area (Å²) >= 11 is 5.99. The number of halogens is 1. The molecule has 0 spiro atoms. The fourth-order valence-electron chi connectivity index (χ4n) is 1.61. The van der Waals surface area contributed by atoms with Gasteiger partial charge in [-0.25, -0.2) is 8.42 Å². The van der Waals surface area contributed by atoms with E-state index in [1.807, 2.05) is 6.92 Å². The highest BCUT2D eigenvalue weighted by molar-refractivity contribution is 7.92. The zero-order valence-corrected chi connectivity index (χ0v) is 13.0. The summed E-state index contributed by atoms with van der Waals surface area (Å²) in [5.41, 5.74) is 0.441. The quantitative estimate of drug-likeness (QED) is 0.884. The van der Waals surface area contributed by atoms with Crippen molar-refractivity contribution in [2.45, 2.75) is 18.2 Å². The van der Waals surface area contributed by atoms with Crippen molar-refractivity contribution < 1.29 is 13.2 Å². The van der Waals surface area contributed by atoms with Crippen molar-refractivity contribution in [2.24, 2.45) is 0 Å². The molecular weight excluding hydrogens is 312 g/mol. The van der Waals surface area contributed by atoms with Gasteiger partial charge in [-0.2, -0.15) is 0 Å². The number of aromatic nitrogens is 1. The maximum Gasteiger partial charge on any atom is 0.262 e. The molecule has 0 saturated carbocycles. The Balaban J connectivity index is 2.27. The highest BCUT2D eigenvalue weighted by Crippen LogP contribution is 2.28. The first-order chi connectivity index (χ1) is 10.0. The minimum Gasteiger partial charge on any atom is -0.492 e. The summed E-state index contributed by atoms with van der Waals surface area (Å²) in [6, 6.07) is 7.50. The van der Waals surface area contributed by atoms with Crippen molar-refractivity contribution in [3.63, 3.8) is 0 Å². The van der Waals surface area contributed by atoms with Gasteiger partial charge in [0.1, 0.15) is 5.75 Å². The molecule has 2 aromatic rings. The van der Waals surface area contributed by atoms with Crippen LogP contribution in [0.2, 0.25) is 5.02 Å². The molecule has 2 rings (SSSR count). The molecule has 0 atom stereocenters. The van der Waals surface area contributed by atoms with Crippen LogP contribution in [0.4, 0.5) is 5.69 Å². The van der Waals surface area contributed by atoms with Crippen LogP contribution in [0, 0.1) is 0 Å². The number of hydrogen-bond donors (Lipinski definition) is 1. The lowest BCUT2D eigenvalue weighted by Gasteiger charge is -2.11. The standard InChI is InChI=1S/C14H15ClN2O3S/c1-2-9-20-14-10-12(3-4-13(14)15)21(18,19)17-11-5-7-16-8-6-11/h3-8,10H,2,9H2,1H3,(H,16,17). The second kappa shape index (κ2) is 6.78. The third-order valence-corrected chi connectivity index (χ3v) is 4.30. The molecule has 0 unspecified atom stereocenters. The molecule has 0 amide bonds. The molecule has 0 aliphatic heterocycles. The van der Waals surface area contributed by atoms with Crippen LogP contribution in [0.1, 0.15) is 13.3 Å². The highest BCUT2D eigenvalue weighted by atomic mass is 35.5.